The maximum atomic E-state index is 6.09. The summed E-state index contributed by atoms with van der Waals surface area (Å²) in [6, 6.07) is 6.16. The van der Waals surface area contributed by atoms with Gasteiger partial charge in [-0.1, -0.05) is 11.6 Å². The average Bonchev–Trinajstić information content (AvgIpc) is 3.42. The Labute approximate surface area is 159 Å². The van der Waals surface area contributed by atoms with Gasteiger partial charge in [0.25, 0.3) is 0 Å². The predicted molar refractivity (Wildman–Crippen MR) is 100.0 cm³/mol. The minimum atomic E-state index is 0.480. The number of rotatable bonds is 4. The summed E-state index contributed by atoms with van der Waals surface area (Å²) in [5, 5.41) is 12.4. The van der Waals surface area contributed by atoms with Crippen LogP contribution in [0, 0.1) is 0 Å². The molecule has 134 valence electrons. The van der Waals surface area contributed by atoms with Crippen molar-refractivity contribution in [1.29, 1.82) is 0 Å². The van der Waals surface area contributed by atoms with Gasteiger partial charge in [0.2, 0.25) is 5.95 Å². The highest BCUT2D eigenvalue weighted by molar-refractivity contribution is 7.99. The number of halogens is 1. The molecule has 26 heavy (non-hydrogen) atoms. The molecule has 0 unspecified atom stereocenters. The van der Waals surface area contributed by atoms with Crippen LogP contribution in [-0.2, 0) is 4.74 Å². The second kappa shape index (κ2) is 6.68. The Hall–Kier alpha value is -1.90. The molecule has 0 N–H and O–H groups in total. The lowest BCUT2D eigenvalue weighted by molar-refractivity contribution is 0.121. The van der Waals surface area contributed by atoms with Gasteiger partial charge < -0.3 is 9.64 Å². The van der Waals surface area contributed by atoms with Crippen LogP contribution in [0.4, 0.5) is 5.95 Å². The molecular formula is C17H17ClN6OS. The normalized spacial score (nSPS) is 17.8. The second-order valence-corrected chi connectivity index (χ2v) is 7.82. The van der Waals surface area contributed by atoms with Crippen molar-refractivity contribution in [3.05, 3.63) is 29.5 Å². The van der Waals surface area contributed by atoms with Gasteiger partial charge in [-0.3, -0.25) is 4.57 Å². The highest BCUT2D eigenvalue weighted by atomic mass is 35.5. The van der Waals surface area contributed by atoms with Crippen LogP contribution in [0.25, 0.3) is 10.9 Å². The summed E-state index contributed by atoms with van der Waals surface area (Å²) in [6.45, 7) is 3.17. The fourth-order valence-electron chi connectivity index (χ4n) is 3.14. The Morgan fingerprint density at radius 2 is 1.96 bits per heavy atom. The average molecular weight is 389 g/mol. The molecule has 1 aliphatic carbocycles. The first-order chi connectivity index (χ1) is 12.8. The van der Waals surface area contributed by atoms with Gasteiger partial charge in [-0.2, -0.15) is 0 Å². The molecule has 0 radical (unpaired) electrons. The van der Waals surface area contributed by atoms with E-state index in [9.17, 15) is 0 Å². The predicted octanol–water partition coefficient (Wildman–Crippen LogP) is 3.20. The molecule has 1 saturated heterocycles. The van der Waals surface area contributed by atoms with Gasteiger partial charge in [0, 0.05) is 29.5 Å². The third-order valence-electron chi connectivity index (χ3n) is 4.60. The molecule has 2 aromatic heterocycles. The number of aromatic nitrogens is 5. The lowest BCUT2D eigenvalue weighted by Crippen LogP contribution is -2.38. The van der Waals surface area contributed by atoms with E-state index in [0.717, 1.165) is 53.3 Å². The Balaban J connectivity index is 1.52. The molecule has 3 aromatic rings. The Kier molecular flexibility index (Phi) is 4.18. The van der Waals surface area contributed by atoms with Gasteiger partial charge in [-0.05, 0) is 42.8 Å². The Bertz CT molecular complexity index is 954. The van der Waals surface area contributed by atoms with Gasteiger partial charge in [-0.15, -0.1) is 10.2 Å². The number of benzene rings is 1. The van der Waals surface area contributed by atoms with Crippen LogP contribution in [0.15, 0.2) is 34.7 Å². The molecule has 7 nitrogen and oxygen atoms in total. The van der Waals surface area contributed by atoms with Crippen molar-refractivity contribution in [2.24, 2.45) is 0 Å². The maximum Gasteiger partial charge on any atom is 0.228 e. The molecule has 0 bridgehead atoms. The van der Waals surface area contributed by atoms with E-state index in [2.05, 4.69) is 29.6 Å². The van der Waals surface area contributed by atoms with Crippen molar-refractivity contribution in [3.8, 4) is 0 Å². The summed E-state index contributed by atoms with van der Waals surface area (Å²) < 4.78 is 7.73. The number of fused-ring (bicyclic) bond motifs is 1. The van der Waals surface area contributed by atoms with E-state index in [-0.39, 0.29) is 0 Å². The van der Waals surface area contributed by atoms with Gasteiger partial charge in [-0.25, -0.2) is 9.97 Å². The van der Waals surface area contributed by atoms with Crippen molar-refractivity contribution >= 4 is 40.2 Å². The van der Waals surface area contributed by atoms with Gasteiger partial charge in [0.15, 0.2) is 5.16 Å². The molecule has 9 heteroatoms. The molecule has 1 aliphatic heterocycles. The number of morpholine rings is 1. The highest BCUT2D eigenvalue weighted by Gasteiger charge is 2.32. The van der Waals surface area contributed by atoms with Crippen LogP contribution in [0.5, 0.6) is 0 Å². The summed E-state index contributed by atoms with van der Waals surface area (Å²) >= 11 is 7.63. The van der Waals surface area contributed by atoms with Crippen molar-refractivity contribution in [2.45, 2.75) is 29.1 Å². The standard InChI is InChI=1S/C17H17ClN6OS/c18-11-1-4-13-14(9-11)19-10-20-15(13)26-17-22-21-16(24(17)12-2-3-12)23-5-7-25-8-6-23/h1,4,9-10,12H,2-3,5-8H2. The fourth-order valence-corrected chi connectivity index (χ4v) is 4.28. The van der Waals surface area contributed by atoms with Crippen molar-refractivity contribution in [1.82, 2.24) is 24.7 Å². The zero-order valence-corrected chi connectivity index (χ0v) is 15.6. The minimum Gasteiger partial charge on any atom is -0.378 e. The molecule has 5 rings (SSSR count). The number of hydrogen-bond acceptors (Lipinski definition) is 7. The van der Waals surface area contributed by atoms with Crippen molar-refractivity contribution < 1.29 is 4.74 Å². The quantitative estimate of drug-likeness (QED) is 0.635. The lowest BCUT2D eigenvalue weighted by atomic mass is 10.2. The highest BCUT2D eigenvalue weighted by Crippen LogP contribution is 2.42. The van der Waals surface area contributed by atoms with Crippen molar-refractivity contribution in [3.63, 3.8) is 0 Å². The van der Waals surface area contributed by atoms with Crippen LogP contribution >= 0.6 is 23.4 Å². The summed E-state index contributed by atoms with van der Waals surface area (Å²) in [5.74, 6) is 0.944. The van der Waals surface area contributed by atoms with Gasteiger partial charge >= 0.3 is 0 Å². The number of ether oxygens (including phenoxy) is 1. The van der Waals surface area contributed by atoms with Gasteiger partial charge in [0.05, 0.1) is 18.7 Å². The zero-order chi connectivity index (χ0) is 17.5. The molecule has 0 spiro atoms. The molecular weight excluding hydrogens is 372 g/mol. The second-order valence-electron chi connectivity index (χ2n) is 6.43. The number of hydrogen-bond donors (Lipinski definition) is 0. The molecule has 1 saturated carbocycles. The van der Waals surface area contributed by atoms with E-state index in [1.54, 1.807) is 6.33 Å². The van der Waals surface area contributed by atoms with E-state index in [0.29, 0.717) is 11.1 Å². The van der Waals surface area contributed by atoms with Gasteiger partial charge in [0.1, 0.15) is 11.4 Å². The summed E-state index contributed by atoms with van der Waals surface area (Å²) in [7, 11) is 0. The van der Waals surface area contributed by atoms with Crippen LogP contribution in [-0.4, -0.2) is 51.0 Å². The largest absolute Gasteiger partial charge is 0.378 e. The Morgan fingerprint density at radius 1 is 1.12 bits per heavy atom. The van der Waals surface area contributed by atoms with Crippen molar-refractivity contribution in [2.75, 3.05) is 31.2 Å². The first-order valence-electron chi connectivity index (χ1n) is 8.65. The van der Waals surface area contributed by atoms with Crippen LogP contribution in [0.3, 0.4) is 0 Å². The smallest absolute Gasteiger partial charge is 0.228 e. The summed E-state index contributed by atoms with van der Waals surface area (Å²) in [6.07, 6.45) is 3.91. The lowest BCUT2D eigenvalue weighted by Gasteiger charge is -2.27. The molecule has 0 atom stereocenters. The molecule has 1 aromatic carbocycles. The molecule has 2 fully saturated rings. The topological polar surface area (TPSA) is 69.0 Å². The minimum absolute atomic E-state index is 0.480. The number of anilines is 1. The summed E-state index contributed by atoms with van der Waals surface area (Å²) in [5.41, 5.74) is 0.834. The van der Waals surface area contributed by atoms with Crippen LogP contribution in [0.2, 0.25) is 5.02 Å². The van der Waals surface area contributed by atoms with Crippen LogP contribution < -0.4 is 4.90 Å². The molecule has 3 heterocycles. The van der Waals surface area contributed by atoms with E-state index in [1.165, 1.54) is 24.6 Å². The molecule has 2 aliphatic rings. The first kappa shape index (κ1) is 16.3. The third-order valence-corrected chi connectivity index (χ3v) is 5.82. The van der Waals surface area contributed by atoms with E-state index < -0.39 is 0 Å². The molecule has 0 amide bonds. The fraction of sp³-hybridized carbons (Fsp3) is 0.412. The third kappa shape index (κ3) is 3.02. The zero-order valence-electron chi connectivity index (χ0n) is 14.0. The van der Waals surface area contributed by atoms with Crippen LogP contribution in [0.1, 0.15) is 18.9 Å². The monoisotopic (exact) mass is 388 g/mol. The SMILES string of the molecule is Clc1ccc2c(Sc3nnc(N4CCOCC4)n3C3CC3)ncnc2c1. The van der Waals surface area contributed by atoms with E-state index >= 15 is 0 Å². The Morgan fingerprint density at radius 3 is 2.77 bits per heavy atom. The number of nitrogens with zero attached hydrogens (tertiary/aromatic N) is 6. The first-order valence-corrected chi connectivity index (χ1v) is 9.85. The maximum absolute atomic E-state index is 6.09. The van der Waals surface area contributed by atoms with E-state index in [4.69, 9.17) is 16.3 Å². The summed E-state index contributed by atoms with van der Waals surface area (Å²) in [4.78, 5) is 11.0. The van der Waals surface area contributed by atoms with E-state index in [1.807, 2.05) is 18.2 Å².